The molecule has 0 saturated carbocycles. The first-order valence-corrected chi connectivity index (χ1v) is 7.37. The Balaban J connectivity index is 2.22. The Morgan fingerprint density at radius 2 is 1.80 bits per heavy atom. The number of nitrogens with one attached hydrogen (secondary N) is 1. The normalized spacial score (nSPS) is 14.2. The zero-order valence-corrected chi connectivity index (χ0v) is 12.5. The first-order chi connectivity index (χ1) is 9.76. The molecule has 108 valence electrons. The highest BCUT2D eigenvalue weighted by molar-refractivity contribution is 5.23. The van der Waals surface area contributed by atoms with Crippen molar-refractivity contribution in [3.8, 4) is 0 Å². The highest BCUT2D eigenvalue weighted by Crippen LogP contribution is 2.24. The van der Waals surface area contributed by atoms with Gasteiger partial charge in [0.1, 0.15) is 6.04 Å². The predicted molar refractivity (Wildman–Crippen MR) is 79.6 cm³/mol. The van der Waals surface area contributed by atoms with Gasteiger partial charge in [0.25, 0.3) is 0 Å². The molecule has 0 amide bonds. The molecule has 2 unspecified atom stereocenters. The van der Waals surface area contributed by atoms with Crippen molar-refractivity contribution in [2.45, 2.75) is 45.6 Å². The monoisotopic (exact) mass is 273 g/mol. The Hall–Kier alpha value is -1.68. The lowest BCUT2D eigenvalue weighted by molar-refractivity contribution is 0.385. The molecular weight excluding hydrogens is 250 g/mol. The Kier molecular flexibility index (Phi) is 5.30. The molecule has 1 N–H and O–H groups in total. The summed E-state index contributed by atoms with van der Waals surface area (Å²) in [5.41, 5.74) is 1.15. The summed E-state index contributed by atoms with van der Waals surface area (Å²) < 4.78 is 5.88. The molecular formula is C16H23N3O. The zero-order chi connectivity index (χ0) is 14.4. The highest BCUT2D eigenvalue weighted by Gasteiger charge is 2.21. The van der Waals surface area contributed by atoms with E-state index in [1.54, 1.807) is 0 Å². The van der Waals surface area contributed by atoms with Crippen molar-refractivity contribution in [1.29, 1.82) is 0 Å². The lowest BCUT2D eigenvalue weighted by Gasteiger charge is -2.14. The summed E-state index contributed by atoms with van der Waals surface area (Å²) in [6.45, 7) is 7.22. The lowest BCUT2D eigenvalue weighted by Crippen LogP contribution is -2.22. The molecule has 0 spiro atoms. The molecule has 1 aromatic carbocycles. The van der Waals surface area contributed by atoms with Gasteiger partial charge in [0, 0.05) is 5.92 Å². The van der Waals surface area contributed by atoms with Gasteiger partial charge in [-0.15, -0.1) is 10.2 Å². The van der Waals surface area contributed by atoms with Crippen LogP contribution in [0.5, 0.6) is 0 Å². The molecule has 4 heteroatoms. The van der Waals surface area contributed by atoms with Crippen LogP contribution in [0.2, 0.25) is 0 Å². The van der Waals surface area contributed by atoms with Crippen molar-refractivity contribution >= 4 is 0 Å². The van der Waals surface area contributed by atoms with Crippen LogP contribution in [0, 0.1) is 0 Å². The first-order valence-electron chi connectivity index (χ1n) is 7.37. The van der Waals surface area contributed by atoms with Crippen molar-refractivity contribution in [1.82, 2.24) is 15.5 Å². The molecule has 4 nitrogen and oxygen atoms in total. The number of rotatable bonds is 7. The second-order valence-electron chi connectivity index (χ2n) is 5.07. The van der Waals surface area contributed by atoms with Gasteiger partial charge >= 0.3 is 0 Å². The second-order valence-corrected chi connectivity index (χ2v) is 5.07. The van der Waals surface area contributed by atoms with E-state index < -0.39 is 0 Å². The third kappa shape index (κ3) is 3.45. The third-order valence-corrected chi connectivity index (χ3v) is 3.39. The summed E-state index contributed by atoms with van der Waals surface area (Å²) in [7, 11) is 0. The van der Waals surface area contributed by atoms with Crippen molar-refractivity contribution in [3.63, 3.8) is 0 Å². The summed E-state index contributed by atoms with van der Waals surface area (Å²) in [5.74, 6) is 1.70. The van der Waals surface area contributed by atoms with Gasteiger partial charge < -0.3 is 9.73 Å². The standard InChI is InChI=1S/C16H23N3O/c1-4-9-12(3)15-18-19-16(20-15)14(17-5-2)13-10-7-6-8-11-13/h6-8,10-12,14,17H,4-5,9H2,1-3H3. The third-order valence-electron chi connectivity index (χ3n) is 3.39. The van der Waals surface area contributed by atoms with Crippen molar-refractivity contribution in [2.24, 2.45) is 0 Å². The van der Waals surface area contributed by atoms with Crippen molar-refractivity contribution < 1.29 is 4.42 Å². The fourth-order valence-corrected chi connectivity index (χ4v) is 2.32. The van der Waals surface area contributed by atoms with Gasteiger partial charge in [0.15, 0.2) is 0 Å². The average Bonchev–Trinajstić information content (AvgIpc) is 2.95. The van der Waals surface area contributed by atoms with E-state index in [-0.39, 0.29) is 6.04 Å². The van der Waals surface area contributed by atoms with Gasteiger partial charge in [-0.1, -0.05) is 57.5 Å². The van der Waals surface area contributed by atoms with Crippen LogP contribution < -0.4 is 5.32 Å². The second kappa shape index (κ2) is 7.20. The summed E-state index contributed by atoms with van der Waals surface area (Å²) >= 11 is 0. The van der Waals surface area contributed by atoms with E-state index in [1.807, 2.05) is 18.2 Å². The molecule has 1 aromatic heterocycles. The predicted octanol–water partition coefficient (Wildman–Crippen LogP) is 3.67. The molecule has 2 rings (SSSR count). The van der Waals surface area contributed by atoms with E-state index in [0.717, 1.165) is 30.8 Å². The minimum absolute atomic E-state index is 0.0312. The van der Waals surface area contributed by atoms with Gasteiger partial charge in [0.2, 0.25) is 11.8 Å². The molecule has 0 fully saturated rings. The fourth-order valence-electron chi connectivity index (χ4n) is 2.32. The van der Waals surface area contributed by atoms with E-state index in [0.29, 0.717) is 11.8 Å². The molecule has 0 saturated heterocycles. The van der Waals surface area contributed by atoms with Crippen molar-refractivity contribution in [2.75, 3.05) is 6.54 Å². The lowest BCUT2D eigenvalue weighted by atomic mass is 10.1. The van der Waals surface area contributed by atoms with Crippen LogP contribution in [0.4, 0.5) is 0 Å². The number of aromatic nitrogens is 2. The van der Waals surface area contributed by atoms with Crippen LogP contribution in [-0.4, -0.2) is 16.7 Å². The Morgan fingerprint density at radius 1 is 1.10 bits per heavy atom. The van der Waals surface area contributed by atoms with E-state index in [1.165, 1.54) is 0 Å². The van der Waals surface area contributed by atoms with Gasteiger partial charge in [-0.2, -0.15) is 0 Å². The topological polar surface area (TPSA) is 51.0 Å². The molecule has 1 heterocycles. The SMILES string of the molecule is CCCC(C)c1nnc(C(NCC)c2ccccc2)o1. The first kappa shape index (κ1) is 14.7. The van der Waals surface area contributed by atoms with Crippen LogP contribution >= 0.6 is 0 Å². The molecule has 0 aliphatic carbocycles. The Bertz CT molecular complexity index is 509. The summed E-state index contributed by atoms with van der Waals surface area (Å²) in [6.07, 6.45) is 2.19. The van der Waals surface area contributed by atoms with E-state index >= 15 is 0 Å². The van der Waals surface area contributed by atoms with Gasteiger partial charge in [0.05, 0.1) is 0 Å². The maximum Gasteiger partial charge on any atom is 0.237 e. The van der Waals surface area contributed by atoms with Gasteiger partial charge in [-0.05, 0) is 18.5 Å². The number of benzene rings is 1. The fraction of sp³-hybridized carbons (Fsp3) is 0.500. The van der Waals surface area contributed by atoms with Crippen LogP contribution in [-0.2, 0) is 0 Å². The van der Waals surface area contributed by atoms with Crippen LogP contribution in [0.1, 0.15) is 62.9 Å². The summed E-state index contributed by atoms with van der Waals surface area (Å²) in [5, 5.41) is 11.8. The number of hydrogen-bond acceptors (Lipinski definition) is 4. The maximum absolute atomic E-state index is 5.88. The quantitative estimate of drug-likeness (QED) is 0.836. The maximum atomic E-state index is 5.88. The Labute approximate surface area is 120 Å². The molecule has 0 aliphatic heterocycles. The minimum Gasteiger partial charge on any atom is -0.423 e. The molecule has 20 heavy (non-hydrogen) atoms. The van der Waals surface area contributed by atoms with Gasteiger partial charge in [-0.3, -0.25) is 0 Å². The summed E-state index contributed by atoms with van der Waals surface area (Å²) in [6, 6.07) is 10.2. The Morgan fingerprint density at radius 3 is 2.45 bits per heavy atom. The summed E-state index contributed by atoms with van der Waals surface area (Å²) in [4.78, 5) is 0. The van der Waals surface area contributed by atoms with E-state index in [9.17, 15) is 0 Å². The van der Waals surface area contributed by atoms with Gasteiger partial charge in [-0.25, -0.2) is 0 Å². The van der Waals surface area contributed by atoms with E-state index in [2.05, 4.69) is 48.4 Å². The van der Waals surface area contributed by atoms with Crippen LogP contribution in [0.25, 0.3) is 0 Å². The molecule has 0 aliphatic rings. The molecule has 2 atom stereocenters. The molecule has 2 aromatic rings. The van der Waals surface area contributed by atoms with Crippen molar-refractivity contribution in [3.05, 3.63) is 47.7 Å². The molecule has 0 bridgehead atoms. The average molecular weight is 273 g/mol. The minimum atomic E-state index is -0.0312. The van der Waals surface area contributed by atoms with E-state index in [4.69, 9.17) is 4.42 Å². The number of hydrogen-bond donors (Lipinski definition) is 1. The smallest absolute Gasteiger partial charge is 0.237 e. The van der Waals surface area contributed by atoms with Crippen LogP contribution in [0.15, 0.2) is 34.7 Å². The van der Waals surface area contributed by atoms with Crippen LogP contribution in [0.3, 0.4) is 0 Å². The largest absolute Gasteiger partial charge is 0.423 e. The number of nitrogens with zero attached hydrogens (tertiary/aromatic N) is 2. The molecule has 0 radical (unpaired) electrons. The highest BCUT2D eigenvalue weighted by atomic mass is 16.4. The zero-order valence-electron chi connectivity index (χ0n) is 12.5.